The number of carbonyl (C=O) groups is 1. The Morgan fingerprint density at radius 2 is 2.38 bits per heavy atom. The lowest BCUT2D eigenvalue weighted by molar-refractivity contribution is -0.117. The zero-order valence-electron chi connectivity index (χ0n) is 8.71. The van der Waals surface area contributed by atoms with Gasteiger partial charge in [-0.25, -0.2) is 4.39 Å². The van der Waals surface area contributed by atoms with E-state index >= 15 is 0 Å². The summed E-state index contributed by atoms with van der Waals surface area (Å²) in [6, 6.07) is 4.48. The van der Waals surface area contributed by atoms with Gasteiger partial charge in [0, 0.05) is 10.9 Å². The Balaban J connectivity index is 2.05. The summed E-state index contributed by atoms with van der Waals surface area (Å²) < 4.78 is 13.6. The molecule has 1 atom stereocenters. The van der Waals surface area contributed by atoms with E-state index in [2.05, 4.69) is 15.9 Å². The predicted molar refractivity (Wildman–Crippen MR) is 68.3 cm³/mol. The molecule has 0 aliphatic carbocycles. The van der Waals surface area contributed by atoms with Crippen molar-refractivity contribution in [2.24, 2.45) is 0 Å². The van der Waals surface area contributed by atoms with Crippen LogP contribution in [0.1, 0.15) is 18.4 Å². The maximum atomic E-state index is 12.9. The first-order valence-corrected chi connectivity index (χ1v) is 7.09. The van der Waals surface area contributed by atoms with Crippen LogP contribution in [0.3, 0.4) is 0 Å². The summed E-state index contributed by atoms with van der Waals surface area (Å²) in [6.45, 7) is 0. The first-order chi connectivity index (χ1) is 7.66. The highest BCUT2D eigenvalue weighted by Gasteiger charge is 2.23. The normalized spacial score (nSPS) is 20.0. The Labute approximate surface area is 107 Å². The van der Waals surface area contributed by atoms with Gasteiger partial charge >= 0.3 is 0 Å². The van der Waals surface area contributed by atoms with Crippen molar-refractivity contribution in [1.82, 2.24) is 0 Å². The van der Waals surface area contributed by atoms with Crippen molar-refractivity contribution in [2.75, 3.05) is 5.75 Å². The molecular formula is C12H12BrFOS. The largest absolute Gasteiger partial charge is 0.298 e. The van der Waals surface area contributed by atoms with Gasteiger partial charge in [-0.3, -0.25) is 4.79 Å². The second kappa shape index (κ2) is 5.32. The minimum absolute atomic E-state index is 0.150. The fourth-order valence-corrected chi connectivity index (χ4v) is 3.51. The molecule has 86 valence electrons. The molecule has 1 aliphatic rings. The maximum absolute atomic E-state index is 12.9. The molecule has 4 heteroatoms. The van der Waals surface area contributed by atoms with Crippen LogP contribution in [0.25, 0.3) is 0 Å². The number of Topliss-reactive ketones (excluding diaryl/α,β-unsaturated/α-hetero) is 1. The molecule has 0 amide bonds. The van der Waals surface area contributed by atoms with Crippen LogP contribution < -0.4 is 0 Å². The smallest absolute Gasteiger partial charge is 0.150 e. The highest BCUT2D eigenvalue weighted by atomic mass is 79.9. The number of ketones is 1. The molecule has 1 saturated heterocycles. The van der Waals surface area contributed by atoms with Crippen molar-refractivity contribution < 1.29 is 9.18 Å². The Bertz CT molecular complexity index is 402. The van der Waals surface area contributed by atoms with E-state index in [1.54, 1.807) is 17.8 Å². The zero-order valence-corrected chi connectivity index (χ0v) is 11.1. The molecule has 1 fully saturated rings. The van der Waals surface area contributed by atoms with Crippen LogP contribution in [0.4, 0.5) is 4.39 Å². The molecule has 1 heterocycles. The molecule has 1 unspecified atom stereocenters. The fourth-order valence-electron chi connectivity index (χ4n) is 1.80. The number of hydrogen-bond donors (Lipinski definition) is 0. The van der Waals surface area contributed by atoms with Crippen molar-refractivity contribution in [3.63, 3.8) is 0 Å². The average molecular weight is 303 g/mol. The van der Waals surface area contributed by atoms with Crippen LogP contribution in [-0.2, 0) is 11.2 Å². The van der Waals surface area contributed by atoms with Gasteiger partial charge in [0.2, 0.25) is 0 Å². The Kier molecular flexibility index (Phi) is 4.03. The molecule has 0 bridgehead atoms. The predicted octanol–water partition coefficient (Wildman–Crippen LogP) is 3.60. The Morgan fingerprint density at radius 3 is 3.00 bits per heavy atom. The van der Waals surface area contributed by atoms with Crippen LogP contribution >= 0.6 is 27.7 Å². The fraction of sp³-hybridized carbons (Fsp3) is 0.417. The highest BCUT2D eigenvalue weighted by Crippen LogP contribution is 2.28. The van der Waals surface area contributed by atoms with Crippen molar-refractivity contribution in [2.45, 2.75) is 24.5 Å². The summed E-state index contributed by atoms with van der Waals surface area (Å²) in [5.41, 5.74) is 0.874. The molecule has 0 N–H and O–H groups in total. The van der Waals surface area contributed by atoms with E-state index in [-0.39, 0.29) is 16.9 Å². The van der Waals surface area contributed by atoms with Gasteiger partial charge in [-0.1, -0.05) is 22.0 Å². The third-order valence-corrected chi connectivity index (χ3v) is 4.83. The number of rotatable bonds is 3. The van der Waals surface area contributed by atoms with E-state index in [9.17, 15) is 9.18 Å². The van der Waals surface area contributed by atoms with Gasteiger partial charge in [0.1, 0.15) is 11.6 Å². The molecule has 1 nitrogen and oxygen atoms in total. The standard InChI is InChI=1S/C12H12BrFOS/c13-10-7-9(14)4-3-8(10)6-11(15)12-2-1-5-16-12/h3-4,7,12H,1-2,5-6H2. The second-order valence-electron chi connectivity index (χ2n) is 3.88. The SMILES string of the molecule is O=C(Cc1ccc(F)cc1Br)C1CCCS1. The van der Waals surface area contributed by atoms with Crippen LogP contribution in [0.15, 0.2) is 22.7 Å². The van der Waals surface area contributed by atoms with E-state index in [1.807, 2.05) is 0 Å². The van der Waals surface area contributed by atoms with E-state index in [4.69, 9.17) is 0 Å². The van der Waals surface area contributed by atoms with Gasteiger partial charge in [-0.05, 0) is 36.3 Å². The van der Waals surface area contributed by atoms with Gasteiger partial charge < -0.3 is 0 Å². The molecule has 0 radical (unpaired) electrons. The molecule has 1 aliphatic heterocycles. The van der Waals surface area contributed by atoms with E-state index in [0.29, 0.717) is 10.9 Å². The number of thioether (sulfide) groups is 1. The minimum atomic E-state index is -0.279. The maximum Gasteiger partial charge on any atom is 0.150 e. The van der Waals surface area contributed by atoms with Crippen LogP contribution in [0, 0.1) is 5.82 Å². The molecule has 0 spiro atoms. The quantitative estimate of drug-likeness (QED) is 0.849. The monoisotopic (exact) mass is 302 g/mol. The number of hydrogen-bond acceptors (Lipinski definition) is 2. The summed E-state index contributed by atoms with van der Waals surface area (Å²) in [6.07, 6.45) is 2.52. The van der Waals surface area contributed by atoms with Gasteiger partial charge in [0.05, 0.1) is 5.25 Å². The lowest BCUT2D eigenvalue weighted by atomic mass is 10.0. The van der Waals surface area contributed by atoms with Gasteiger partial charge in [-0.15, -0.1) is 0 Å². The van der Waals surface area contributed by atoms with Gasteiger partial charge in [0.25, 0.3) is 0 Å². The van der Waals surface area contributed by atoms with Crippen LogP contribution in [0.2, 0.25) is 0 Å². The molecule has 1 aromatic rings. The third-order valence-electron chi connectivity index (χ3n) is 2.67. The lowest BCUT2D eigenvalue weighted by Crippen LogP contribution is -2.16. The van der Waals surface area contributed by atoms with Crippen molar-refractivity contribution in [1.29, 1.82) is 0 Å². The van der Waals surface area contributed by atoms with Gasteiger partial charge in [0.15, 0.2) is 0 Å². The summed E-state index contributed by atoms with van der Waals surface area (Å²) >= 11 is 5.02. The molecule has 0 saturated carbocycles. The van der Waals surface area contributed by atoms with Crippen LogP contribution in [-0.4, -0.2) is 16.8 Å². The first kappa shape index (κ1) is 12.1. The molecule has 0 aromatic heterocycles. The third kappa shape index (κ3) is 2.86. The Hall–Kier alpha value is -0.350. The Morgan fingerprint density at radius 1 is 1.56 bits per heavy atom. The van der Waals surface area contributed by atoms with Gasteiger partial charge in [-0.2, -0.15) is 11.8 Å². The summed E-state index contributed by atoms with van der Waals surface area (Å²) in [7, 11) is 0. The van der Waals surface area contributed by atoms with E-state index in [0.717, 1.165) is 24.2 Å². The number of benzene rings is 1. The molecule has 2 rings (SSSR count). The molecular weight excluding hydrogens is 291 g/mol. The van der Waals surface area contributed by atoms with Crippen molar-refractivity contribution >= 4 is 33.5 Å². The second-order valence-corrected chi connectivity index (χ2v) is 6.05. The van der Waals surface area contributed by atoms with E-state index < -0.39 is 0 Å². The number of carbonyl (C=O) groups excluding carboxylic acids is 1. The van der Waals surface area contributed by atoms with Crippen molar-refractivity contribution in [3.8, 4) is 0 Å². The topological polar surface area (TPSA) is 17.1 Å². The summed E-state index contributed by atoms with van der Waals surface area (Å²) in [4.78, 5) is 11.9. The minimum Gasteiger partial charge on any atom is -0.298 e. The molecule has 16 heavy (non-hydrogen) atoms. The van der Waals surface area contributed by atoms with Crippen molar-refractivity contribution in [3.05, 3.63) is 34.1 Å². The molecule has 1 aromatic carbocycles. The lowest BCUT2D eigenvalue weighted by Gasteiger charge is -2.08. The summed E-state index contributed by atoms with van der Waals surface area (Å²) in [5, 5.41) is 0.150. The zero-order chi connectivity index (χ0) is 11.5. The first-order valence-electron chi connectivity index (χ1n) is 5.25. The van der Waals surface area contributed by atoms with Crippen LogP contribution in [0.5, 0.6) is 0 Å². The highest BCUT2D eigenvalue weighted by molar-refractivity contribution is 9.10. The summed E-state index contributed by atoms with van der Waals surface area (Å²) in [5.74, 6) is 1.06. The van der Waals surface area contributed by atoms with E-state index in [1.165, 1.54) is 12.1 Å². The number of halogens is 2. The average Bonchev–Trinajstić information content (AvgIpc) is 2.75.